The average molecular weight is 331 g/mol. The molecule has 2 rings (SSSR count). The molecule has 0 aliphatic rings. The zero-order chi connectivity index (χ0) is 17.2. The van der Waals surface area contributed by atoms with Crippen molar-refractivity contribution in [2.75, 3.05) is 6.61 Å². The Kier molecular flexibility index (Phi) is 6.76. The van der Waals surface area contributed by atoms with Gasteiger partial charge in [-0.1, -0.05) is 35.5 Å². The minimum Gasteiger partial charge on any atom is -0.494 e. The average Bonchev–Trinajstić information content (AvgIpc) is 2.62. The first-order valence-corrected chi connectivity index (χ1v) is 7.49. The van der Waals surface area contributed by atoms with Gasteiger partial charge in [-0.05, 0) is 36.2 Å². The van der Waals surface area contributed by atoms with E-state index in [2.05, 4.69) is 5.16 Å². The smallest absolute Gasteiger partial charge is 0.356 e. The number of esters is 1. The lowest BCUT2D eigenvalue weighted by Gasteiger charge is -2.08. The number of oxime groups is 1. The predicted octanol–water partition coefficient (Wildman–Crippen LogP) is 3.56. The van der Waals surface area contributed by atoms with Crippen molar-refractivity contribution in [2.24, 2.45) is 5.16 Å². The van der Waals surface area contributed by atoms with Crippen molar-refractivity contribution in [3.63, 3.8) is 0 Å². The van der Waals surface area contributed by atoms with E-state index in [1.165, 1.54) is 24.3 Å². The van der Waals surface area contributed by atoms with E-state index in [1.807, 2.05) is 30.3 Å². The Morgan fingerprint density at radius 3 is 2.46 bits per heavy atom. The van der Waals surface area contributed by atoms with Gasteiger partial charge in [0.25, 0.3) is 0 Å². The second-order valence-corrected chi connectivity index (χ2v) is 5.01. The van der Waals surface area contributed by atoms with Crippen molar-refractivity contribution in [2.45, 2.75) is 19.4 Å². The van der Waals surface area contributed by atoms with Gasteiger partial charge in [-0.25, -0.2) is 9.18 Å². The molecule has 0 aromatic heterocycles. The number of halogens is 1. The first-order chi connectivity index (χ1) is 11.7. The Balaban J connectivity index is 1.71. The van der Waals surface area contributed by atoms with Gasteiger partial charge in [0.05, 0.1) is 6.61 Å². The molecule has 0 aliphatic heterocycles. The lowest BCUT2D eigenvalue weighted by molar-refractivity contribution is -0.137. The van der Waals surface area contributed by atoms with Gasteiger partial charge in [-0.3, -0.25) is 0 Å². The zero-order valence-electron chi connectivity index (χ0n) is 13.0. The highest BCUT2D eigenvalue weighted by molar-refractivity contribution is 6.36. The Bertz CT molecular complexity index is 671. The maximum Gasteiger partial charge on any atom is 0.356 e. The van der Waals surface area contributed by atoms with Gasteiger partial charge >= 0.3 is 5.97 Å². The highest BCUT2D eigenvalue weighted by Crippen LogP contribution is 2.11. The van der Waals surface area contributed by atoms with Crippen LogP contribution in [0.15, 0.2) is 59.8 Å². The summed E-state index contributed by atoms with van der Waals surface area (Å²) in [6.07, 6.45) is 0.669. The fourth-order valence-corrected chi connectivity index (χ4v) is 1.96. The first-order valence-electron chi connectivity index (χ1n) is 7.49. The van der Waals surface area contributed by atoms with Crippen molar-refractivity contribution >= 4 is 11.7 Å². The lowest BCUT2D eigenvalue weighted by atomic mass is 10.2. The second kappa shape index (κ2) is 9.29. The van der Waals surface area contributed by atoms with Gasteiger partial charge in [0, 0.05) is 6.42 Å². The maximum atomic E-state index is 12.8. The maximum absolute atomic E-state index is 12.8. The second-order valence-electron chi connectivity index (χ2n) is 5.01. The Labute approximate surface area is 139 Å². The van der Waals surface area contributed by atoms with Crippen LogP contribution in [0.1, 0.15) is 18.4 Å². The normalized spacial score (nSPS) is 11.1. The van der Waals surface area contributed by atoms with Crippen LogP contribution in [0.25, 0.3) is 0 Å². The molecule has 24 heavy (non-hydrogen) atoms. The van der Waals surface area contributed by atoms with Gasteiger partial charge in [-0.2, -0.15) is 0 Å². The van der Waals surface area contributed by atoms with Crippen LogP contribution in [0, 0.1) is 5.82 Å². The van der Waals surface area contributed by atoms with Gasteiger partial charge < -0.3 is 14.7 Å². The molecule has 2 aromatic rings. The van der Waals surface area contributed by atoms with Crippen LogP contribution in [-0.2, 0) is 16.1 Å². The first kappa shape index (κ1) is 17.5. The molecule has 5 nitrogen and oxygen atoms in total. The van der Waals surface area contributed by atoms with E-state index in [0.29, 0.717) is 18.8 Å². The van der Waals surface area contributed by atoms with Gasteiger partial charge in [0.15, 0.2) is 5.71 Å². The summed E-state index contributed by atoms with van der Waals surface area (Å²) in [4.78, 5) is 11.9. The summed E-state index contributed by atoms with van der Waals surface area (Å²) in [6, 6.07) is 14.9. The van der Waals surface area contributed by atoms with Crippen LogP contribution >= 0.6 is 0 Å². The summed E-state index contributed by atoms with van der Waals surface area (Å²) >= 11 is 0. The molecule has 0 radical (unpaired) electrons. The summed E-state index contributed by atoms with van der Waals surface area (Å²) in [5.74, 6) is -0.466. The molecular formula is C18H18FNO4. The minimum atomic E-state index is -0.664. The quantitative estimate of drug-likeness (QED) is 0.264. The molecule has 0 saturated carbocycles. The van der Waals surface area contributed by atoms with Gasteiger partial charge in [0.1, 0.15) is 18.2 Å². The van der Waals surface area contributed by atoms with E-state index < -0.39 is 5.97 Å². The number of carbonyl (C=O) groups excluding carboxylic acids is 1. The monoisotopic (exact) mass is 331 g/mol. The number of hydrogen-bond donors (Lipinski definition) is 1. The molecule has 0 spiro atoms. The number of benzene rings is 2. The molecule has 0 aliphatic carbocycles. The van der Waals surface area contributed by atoms with Gasteiger partial charge in [0.2, 0.25) is 0 Å². The fourth-order valence-electron chi connectivity index (χ4n) is 1.96. The molecule has 0 atom stereocenters. The van der Waals surface area contributed by atoms with Crippen molar-refractivity contribution in [3.8, 4) is 5.75 Å². The van der Waals surface area contributed by atoms with Crippen molar-refractivity contribution in [1.82, 2.24) is 0 Å². The van der Waals surface area contributed by atoms with Crippen molar-refractivity contribution < 1.29 is 23.9 Å². The topological polar surface area (TPSA) is 68.1 Å². The summed E-state index contributed by atoms with van der Waals surface area (Å²) in [5.41, 5.74) is 0.788. The van der Waals surface area contributed by atoms with Crippen molar-refractivity contribution in [1.29, 1.82) is 0 Å². The Morgan fingerprint density at radius 1 is 1.08 bits per heavy atom. The molecule has 0 bridgehead atoms. The SMILES string of the molecule is O=C(OCc1ccccc1)C(CCCOc1ccc(F)cc1)=NO. The number of hydrogen-bond acceptors (Lipinski definition) is 5. The molecule has 1 N–H and O–H groups in total. The van der Waals surface area contributed by atoms with Crippen LogP contribution in [-0.4, -0.2) is 23.5 Å². The van der Waals surface area contributed by atoms with E-state index >= 15 is 0 Å². The molecule has 6 heteroatoms. The third-order valence-corrected chi connectivity index (χ3v) is 3.21. The van der Waals surface area contributed by atoms with Crippen molar-refractivity contribution in [3.05, 3.63) is 66.0 Å². The number of nitrogens with zero attached hydrogens (tertiary/aromatic N) is 1. The van der Waals surface area contributed by atoms with Crippen LogP contribution < -0.4 is 4.74 Å². The highest BCUT2D eigenvalue weighted by atomic mass is 19.1. The van der Waals surface area contributed by atoms with Crippen LogP contribution in [0.2, 0.25) is 0 Å². The fraction of sp³-hybridized carbons (Fsp3) is 0.222. The summed E-state index contributed by atoms with van der Waals surface area (Å²) in [5, 5.41) is 11.9. The third-order valence-electron chi connectivity index (χ3n) is 3.21. The minimum absolute atomic E-state index is 0.0614. The largest absolute Gasteiger partial charge is 0.494 e. The van der Waals surface area contributed by atoms with Gasteiger partial charge in [-0.15, -0.1) is 0 Å². The molecular weight excluding hydrogens is 313 g/mol. The molecule has 0 saturated heterocycles. The van der Waals surface area contributed by atoms with E-state index in [4.69, 9.17) is 14.7 Å². The van der Waals surface area contributed by atoms with E-state index in [0.717, 1.165) is 5.56 Å². The lowest BCUT2D eigenvalue weighted by Crippen LogP contribution is -2.18. The van der Waals surface area contributed by atoms with Crippen LogP contribution in [0.3, 0.4) is 0 Å². The summed E-state index contributed by atoms with van der Waals surface area (Å²) in [6.45, 7) is 0.418. The summed E-state index contributed by atoms with van der Waals surface area (Å²) < 4.78 is 23.3. The van der Waals surface area contributed by atoms with E-state index in [9.17, 15) is 9.18 Å². The molecule has 126 valence electrons. The molecule has 0 heterocycles. The number of carbonyl (C=O) groups is 1. The molecule has 0 fully saturated rings. The molecule has 0 unspecified atom stereocenters. The number of rotatable bonds is 8. The Morgan fingerprint density at radius 2 is 1.79 bits per heavy atom. The third kappa shape index (κ3) is 5.72. The predicted molar refractivity (Wildman–Crippen MR) is 86.6 cm³/mol. The molecule has 2 aromatic carbocycles. The summed E-state index contributed by atoms with van der Waals surface area (Å²) in [7, 11) is 0. The number of ether oxygens (including phenoxy) is 2. The van der Waals surface area contributed by atoms with Crippen LogP contribution in [0.4, 0.5) is 4.39 Å². The standard InChI is InChI=1S/C18H18FNO4/c19-15-8-10-16(11-9-15)23-12-4-7-17(20-22)18(21)24-13-14-5-2-1-3-6-14/h1-3,5-6,8-11,22H,4,7,12-13H2. The van der Waals surface area contributed by atoms with E-state index in [1.54, 1.807) is 0 Å². The highest BCUT2D eigenvalue weighted by Gasteiger charge is 2.14. The molecule has 0 amide bonds. The van der Waals surface area contributed by atoms with E-state index in [-0.39, 0.29) is 24.6 Å². The Hall–Kier alpha value is -2.89. The van der Waals surface area contributed by atoms with Crippen LogP contribution in [0.5, 0.6) is 5.75 Å². The zero-order valence-corrected chi connectivity index (χ0v) is 13.0.